The lowest BCUT2D eigenvalue weighted by Gasteiger charge is -2.23. The summed E-state index contributed by atoms with van der Waals surface area (Å²) in [5, 5.41) is 0. The maximum absolute atomic E-state index is 11.3. The summed E-state index contributed by atoms with van der Waals surface area (Å²) in [6.07, 6.45) is 7.24. The summed E-state index contributed by atoms with van der Waals surface area (Å²) < 4.78 is 0. The highest BCUT2D eigenvalue weighted by molar-refractivity contribution is 5.80. The second kappa shape index (κ2) is 5.98. The maximum Gasteiger partial charge on any atom is 0.250 e. The molecule has 14 heavy (non-hydrogen) atoms. The number of hydrazine groups is 1. The molecule has 4 N–H and O–H groups in total. The van der Waals surface area contributed by atoms with Crippen molar-refractivity contribution in [1.29, 1.82) is 0 Å². The third-order valence-corrected chi connectivity index (χ3v) is 2.90. The predicted molar refractivity (Wildman–Crippen MR) is 56.4 cm³/mol. The van der Waals surface area contributed by atoms with Crippen molar-refractivity contribution < 1.29 is 4.79 Å². The van der Waals surface area contributed by atoms with Gasteiger partial charge in [-0.1, -0.05) is 32.1 Å². The first-order valence-electron chi connectivity index (χ1n) is 5.46. The van der Waals surface area contributed by atoms with E-state index >= 15 is 0 Å². The van der Waals surface area contributed by atoms with Crippen molar-refractivity contribution in [1.82, 2.24) is 10.9 Å². The molecular weight excluding hydrogens is 178 g/mol. The van der Waals surface area contributed by atoms with Crippen molar-refractivity contribution in [2.75, 3.05) is 7.05 Å². The van der Waals surface area contributed by atoms with Gasteiger partial charge < -0.3 is 5.73 Å². The Morgan fingerprint density at radius 3 is 2.64 bits per heavy atom. The molecule has 1 saturated carbocycles. The van der Waals surface area contributed by atoms with E-state index in [9.17, 15) is 4.79 Å². The van der Waals surface area contributed by atoms with Crippen LogP contribution in [0.15, 0.2) is 0 Å². The average Bonchev–Trinajstić information content (AvgIpc) is 2.19. The fourth-order valence-electron chi connectivity index (χ4n) is 2.10. The molecule has 0 radical (unpaired) electrons. The number of carbonyl (C=O) groups is 1. The summed E-state index contributed by atoms with van der Waals surface area (Å²) in [5.74, 6) is 0.555. The second-order valence-electron chi connectivity index (χ2n) is 4.09. The standard InChI is InChI=1S/C10H21N3O/c1-12-13-10(14)9(11)7-8-5-3-2-4-6-8/h8-9,12H,2-7,11H2,1H3,(H,13,14). The van der Waals surface area contributed by atoms with E-state index < -0.39 is 0 Å². The molecule has 4 nitrogen and oxygen atoms in total. The molecule has 1 rings (SSSR count). The van der Waals surface area contributed by atoms with Gasteiger partial charge in [-0.15, -0.1) is 0 Å². The van der Waals surface area contributed by atoms with Crippen molar-refractivity contribution in [2.24, 2.45) is 11.7 Å². The molecule has 1 aliphatic carbocycles. The fraction of sp³-hybridized carbons (Fsp3) is 0.900. The molecule has 1 atom stereocenters. The van der Waals surface area contributed by atoms with E-state index in [-0.39, 0.29) is 11.9 Å². The quantitative estimate of drug-likeness (QED) is 0.579. The molecule has 0 aromatic rings. The molecule has 0 aliphatic heterocycles. The van der Waals surface area contributed by atoms with Gasteiger partial charge in [-0.25, -0.2) is 5.43 Å². The molecule has 0 bridgehead atoms. The summed E-state index contributed by atoms with van der Waals surface area (Å²) in [4.78, 5) is 11.3. The number of carbonyl (C=O) groups excluding carboxylic acids is 1. The molecule has 0 heterocycles. The lowest BCUT2D eigenvalue weighted by atomic mass is 9.85. The van der Waals surface area contributed by atoms with Crippen LogP contribution in [0.3, 0.4) is 0 Å². The van der Waals surface area contributed by atoms with Gasteiger partial charge in [0, 0.05) is 7.05 Å². The molecule has 0 saturated heterocycles. The van der Waals surface area contributed by atoms with Crippen molar-refractivity contribution in [3.63, 3.8) is 0 Å². The van der Waals surface area contributed by atoms with Gasteiger partial charge in [0.25, 0.3) is 5.91 Å². The Hall–Kier alpha value is -0.610. The van der Waals surface area contributed by atoms with E-state index in [1.807, 2.05) is 0 Å². The van der Waals surface area contributed by atoms with Gasteiger partial charge in [0.2, 0.25) is 0 Å². The van der Waals surface area contributed by atoms with Gasteiger partial charge in [0.15, 0.2) is 0 Å². The highest BCUT2D eigenvalue weighted by Gasteiger charge is 2.20. The molecule has 1 fully saturated rings. The Bertz CT molecular complexity index is 178. The van der Waals surface area contributed by atoms with Gasteiger partial charge in [0.1, 0.15) is 0 Å². The van der Waals surface area contributed by atoms with E-state index in [0.717, 1.165) is 6.42 Å². The maximum atomic E-state index is 11.3. The summed E-state index contributed by atoms with van der Waals surface area (Å²) in [5.41, 5.74) is 10.9. The zero-order valence-electron chi connectivity index (χ0n) is 8.88. The summed E-state index contributed by atoms with van der Waals surface area (Å²) in [6, 6.07) is -0.356. The zero-order valence-corrected chi connectivity index (χ0v) is 8.88. The predicted octanol–water partition coefficient (Wildman–Crippen LogP) is 0.535. The monoisotopic (exact) mass is 199 g/mol. The van der Waals surface area contributed by atoms with Crippen molar-refractivity contribution in [2.45, 2.75) is 44.6 Å². The molecule has 1 amide bonds. The molecule has 0 spiro atoms. The Kier molecular flexibility index (Phi) is 4.90. The second-order valence-corrected chi connectivity index (χ2v) is 4.09. The van der Waals surface area contributed by atoms with Gasteiger partial charge in [-0.05, 0) is 12.3 Å². The van der Waals surface area contributed by atoms with Crippen LogP contribution in [-0.4, -0.2) is 19.0 Å². The lowest BCUT2D eigenvalue weighted by molar-refractivity contribution is -0.123. The average molecular weight is 199 g/mol. The van der Waals surface area contributed by atoms with Gasteiger partial charge in [0.05, 0.1) is 6.04 Å². The third-order valence-electron chi connectivity index (χ3n) is 2.90. The van der Waals surface area contributed by atoms with Crippen LogP contribution in [0, 0.1) is 5.92 Å². The minimum atomic E-state index is -0.356. The number of hydrogen-bond donors (Lipinski definition) is 3. The number of hydrogen-bond acceptors (Lipinski definition) is 3. The number of nitrogens with two attached hydrogens (primary N) is 1. The smallest absolute Gasteiger partial charge is 0.250 e. The van der Waals surface area contributed by atoms with Crippen LogP contribution in [0.1, 0.15) is 38.5 Å². The highest BCUT2D eigenvalue weighted by Crippen LogP contribution is 2.26. The van der Waals surface area contributed by atoms with E-state index in [2.05, 4.69) is 10.9 Å². The molecular formula is C10H21N3O. The molecule has 0 aromatic heterocycles. The van der Waals surface area contributed by atoms with Crippen LogP contribution < -0.4 is 16.6 Å². The summed E-state index contributed by atoms with van der Waals surface area (Å²) in [6.45, 7) is 0. The van der Waals surface area contributed by atoms with Gasteiger partial charge >= 0.3 is 0 Å². The minimum absolute atomic E-state index is 0.0990. The number of rotatable bonds is 4. The van der Waals surface area contributed by atoms with E-state index in [0.29, 0.717) is 5.92 Å². The topological polar surface area (TPSA) is 67.1 Å². The van der Waals surface area contributed by atoms with Crippen LogP contribution in [0.25, 0.3) is 0 Å². The Morgan fingerprint density at radius 2 is 2.07 bits per heavy atom. The largest absolute Gasteiger partial charge is 0.320 e. The minimum Gasteiger partial charge on any atom is -0.320 e. The van der Waals surface area contributed by atoms with Gasteiger partial charge in [-0.2, -0.15) is 0 Å². The molecule has 1 aliphatic rings. The molecule has 0 aromatic carbocycles. The molecule has 4 heteroatoms. The molecule has 1 unspecified atom stereocenters. The number of amides is 1. The first kappa shape index (κ1) is 11.5. The highest BCUT2D eigenvalue weighted by atomic mass is 16.2. The van der Waals surface area contributed by atoms with Crippen LogP contribution in [0.2, 0.25) is 0 Å². The van der Waals surface area contributed by atoms with Crippen molar-refractivity contribution >= 4 is 5.91 Å². The van der Waals surface area contributed by atoms with E-state index in [1.165, 1.54) is 32.1 Å². The SMILES string of the molecule is CNNC(=O)C(N)CC1CCCCC1. The number of nitrogens with one attached hydrogen (secondary N) is 2. The zero-order chi connectivity index (χ0) is 10.4. The van der Waals surface area contributed by atoms with Crippen molar-refractivity contribution in [3.8, 4) is 0 Å². The Labute approximate surface area is 85.6 Å². The van der Waals surface area contributed by atoms with Crippen LogP contribution in [0.5, 0.6) is 0 Å². The summed E-state index contributed by atoms with van der Waals surface area (Å²) >= 11 is 0. The summed E-state index contributed by atoms with van der Waals surface area (Å²) in [7, 11) is 1.67. The first-order chi connectivity index (χ1) is 6.74. The van der Waals surface area contributed by atoms with E-state index in [1.54, 1.807) is 7.05 Å². The van der Waals surface area contributed by atoms with E-state index in [4.69, 9.17) is 5.73 Å². The Balaban J connectivity index is 2.24. The fourth-order valence-corrected chi connectivity index (χ4v) is 2.10. The van der Waals surface area contributed by atoms with Crippen LogP contribution >= 0.6 is 0 Å². The van der Waals surface area contributed by atoms with Crippen molar-refractivity contribution in [3.05, 3.63) is 0 Å². The Morgan fingerprint density at radius 1 is 1.43 bits per heavy atom. The normalized spacial score (nSPS) is 20.4. The lowest BCUT2D eigenvalue weighted by Crippen LogP contribution is -2.46. The first-order valence-corrected chi connectivity index (χ1v) is 5.46. The van der Waals surface area contributed by atoms with Crippen LogP contribution in [-0.2, 0) is 4.79 Å². The third kappa shape index (κ3) is 3.64. The van der Waals surface area contributed by atoms with Crippen LogP contribution in [0.4, 0.5) is 0 Å². The molecule has 82 valence electrons. The van der Waals surface area contributed by atoms with Gasteiger partial charge in [-0.3, -0.25) is 10.2 Å².